The lowest BCUT2D eigenvalue weighted by molar-refractivity contribution is 0.0776. The normalized spacial score (nSPS) is 12.3. The summed E-state index contributed by atoms with van der Waals surface area (Å²) in [5.74, 6) is 0. The first-order chi connectivity index (χ1) is 8.87. The van der Waals surface area contributed by atoms with Crippen molar-refractivity contribution in [1.82, 2.24) is 14.8 Å². The Morgan fingerprint density at radius 3 is 2.79 bits per heavy atom. The van der Waals surface area contributed by atoms with Gasteiger partial charge in [-0.3, -0.25) is 0 Å². The standard InChI is InChI=1S/C13H20BrN3OSi/c1-10-12-7-11(14)8-15-13(12)16-17(10)9-18-5-6-19(2,3)4/h7-8H,5-6,9H2,1-4H3. The summed E-state index contributed by atoms with van der Waals surface area (Å²) in [5.41, 5.74) is 1.87. The van der Waals surface area contributed by atoms with Crippen LogP contribution in [-0.2, 0) is 11.5 Å². The van der Waals surface area contributed by atoms with Crippen LogP contribution in [0.3, 0.4) is 0 Å². The molecule has 0 fully saturated rings. The fourth-order valence-corrected chi connectivity index (χ4v) is 2.85. The summed E-state index contributed by atoms with van der Waals surface area (Å²) in [5, 5.41) is 5.53. The molecule has 0 unspecified atom stereocenters. The van der Waals surface area contributed by atoms with Gasteiger partial charge >= 0.3 is 0 Å². The van der Waals surface area contributed by atoms with E-state index < -0.39 is 8.07 Å². The second kappa shape index (κ2) is 5.72. The van der Waals surface area contributed by atoms with Crippen molar-refractivity contribution in [2.24, 2.45) is 0 Å². The van der Waals surface area contributed by atoms with Gasteiger partial charge < -0.3 is 4.74 Å². The molecule has 2 rings (SSSR count). The Kier molecular flexibility index (Phi) is 4.42. The number of aryl methyl sites for hydroxylation is 1. The fourth-order valence-electron chi connectivity index (χ4n) is 1.76. The van der Waals surface area contributed by atoms with E-state index in [4.69, 9.17) is 4.74 Å². The summed E-state index contributed by atoms with van der Waals surface area (Å²) in [7, 11) is -1.02. The maximum Gasteiger partial charge on any atom is 0.181 e. The Balaban J connectivity index is 2.03. The van der Waals surface area contributed by atoms with E-state index in [0.29, 0.717) is 6.73 Å². The maximum atomic E-state index is 5.73. The van der Waals surface area contributed by atoms with Gasteiger partial charge in [0.2, 0.25) is 0 Å². The number of fused-ring (bicyclic) bond motifs is 1. The highest BCUT2D eigenvalue weighted by Crippen LogP contribution is 2.20. The Bertz CT molecular complexity index is 577. The molecule has 104 valence electrons. The lowest BCUT2D eigenvalue weighted by Crippen LogP contribution is -2.22. The minimum atomic E-state index is -1.02. The lowest BCUT2D eigenvalue weighted by atomic mass is 10.3. The van der Waals surface area contributed by atoms with Gasteiger partial charge in [-0.2, -0.15) is 0 Å². The summed E-state index contributed by atoms with van der Waals surface area (Å²) in [4.78, 5) is 4.30. The SMILES string of the molecule is Cc1c2cc(Br)cnc2nn1COCC[Si](C)(C)C. The third-order valence-electron chi connectivity index (χ3n) is 3.04. The molecule has 0 saturated carbocycles. The van der Waals surface area contributed by atoms with E-state index in [1.54, 1.807) is 6.20 Å². The van der Waals surface area contributed by atoms with Gasteiger partial charge in [-0.05, 0) is 35.0 Å². The average Bonchev–Trinajstić information content (AvgIpc) is 2.61. The second-order valence-electron chi connectivity index (χ2n) is 5.96. The third-order valence-corrected chi connectivity index (χ3v) is 5.17. The Hall–Kier alpha value is -0.723. The van der Waals surface area contributed by atoms with E-state index in [2.05, 4.69) is 45.7 Å². The van der Waals surface area contributed by atoms with E-state index in [1.165, 1.54) is 6.04 Å². The van der Waals surface area contributed by atoms with Gasteiger partial charge in [0.1, 0.15) is 6.73 Å². The molecular weight excluding hydrogens is 322 g/mol. The van der Waals surface area contributed by atoms with E-state index >= 15 is 0 Å². The van der Waals surface area contributed by atoms with E-state index in [9.17, 15) is 0 Å². The van der Waals surface area contributed by atoms with Gasteiger partial charge in [0.25, 0.3) is 0 Å². The molecule has 0 N–H and O–H groups in total. The Morgan fingerprint density at radius 1 is 1.37 bits per heavy atom. The molecule has 6 heteroatoms. The summed E-state index contributed by atoms with van der Waals surface area (Å²) in [6, 6.07) is 3.22. The first-order valence-electron chi connectivity index (χ1n) is 6.43. The number of ether oxygens (including phenoxy) is 1. The van der Waals surface area contributed by atoms with Crippen molar-refractivity contribution in [2.75, 3.05) is 6.61 Å². The van der Waals surface area contributed by atoms with Crippen molar-refractivity contribution in [3.8, 4) is 0 Å². The van der Waals surface area contributed by atoms with Crippen LogP contribution in [0, 0.1) is 6.92 Å². The monoisotopic (exact) mass is 341 g/mol. The van der Waals surface area contributed by atoms with Crippen LogP contribution in [-0.4, -0.2) is 29.4 Å². The molecule has 4 nitrogen and oxygen atoms in total. The highest BCUT2D eigenvalue weighted by Gasteiger charge is 2.13. The van der Waals surface area contributed by atoms with E-state index in [1.807, 2.05) is 17.7 Å². The minimum Gasteiger partial charge on any atom is -0.360 e. The first kappa shape index (κ1) is 14.7. The molecule has 0 atom stereocenters. The van der Waals surface area contributed by atoms with Crippen molar-refractivity contribution in [3.05, 3.63) is 22.4 Å². The van der Waals surface area contributed by atoms with Gasteiger partial charge in [-0.15, -0.1) is 5.10 Å². The molecule has 2 heterocycles. The van der Waals surface area contributed by atoms with Crippen LogP contribution in [0.2, 0.25) is 25.7 Å². The van der Waals surface area contributed by atoms with Crippen molar-refractivity contribution in [1.29, 1.82) is 0 Å². The van der Waals surface area contributed by atoms with E-state index in [0.717, 1.165) is 27.8 Å². The number of nitrogens with zero attached hydrogens (tertiary/aromatic N) is 3. The number of rotatable bonds is 5. The van der Waals surface area contributed by atoms with Crippen LogP contribution >= 0.6 is 15.9 Å². The predicted octanol–water partition coefficient (Wildman–Crippen LogP) is 3.81. The van der Waals surface area contributed by atoms with Gasteiger partial charge in [-0.1, -0.05) is 19.6 Å². The first-order valence-corrected chi connectivity index (χ1v) is 10.9. The molecule has 0 aliphatic heterocycles. The molecule has 0 bridgehead atoms. The Morgan fingerprint density at radius 2 is 2.11 bits per heavy atom. The van der Waals surface area contributed by atoms with Crippen LogP contribution in [0.25, 0.3) is 11.0 Å². The topological polar surface area (TPSA) is 39.9 Å². The smallest absolute Gasteiger partial charge is 0.181 e. The predicted molar refractivity (Wildman–Crippen MR) is 84.1 cm³/mol. The van der Waals surface area contributed by atoms with Crippen molar-refractivity contribution >= 4 is 35.0 Å². The second-order valence-corrected chi connectivity index (χ2v) is 12.5. The molecule has 19 heavy (non-hydrogen) atoms. The number of pyridine rings is 1. The third kappa shape index (κ3) is 3.87. The highest BCUT2D eigenvalue weighted by molar-refractivity contribution is 9.10. The van der Waals surface area contributed by atoms with E-state index in [-0.39, 0.29) is 0 Å². The number of halogens is 1. The zero-order valence-electron chi connectivity index (χ0n) is 11.9. The quantitative estimate of drug-likeness (QED) is 0.613. The lowest BCUT2D eigenvalue weighted by Gasteiger charge is -2.15. The van der Waals surface area contributed by atoms with Crippen molar-refractivity contribution in [3.63, 3.8) is 0 Å². The van der Waals surface area contributed by atoms with Crippen LogP contribution in [0.5, 0.6) is 0 Å². The van der Waals surface area contributed by atoms with Gasteiger partial charge in [0, 0.05) is 36.4 Å². The highest BCUT2D eigenvalue weighted by atomic mass is 79.9. The zero-order chi connectivity index (χ0) is 14.0. The number of hydrogen-bond acceptors (Lipinski definition) is 3. The maximum absolute atomic E-state index is 5.73. The summed E-state index contributed by atoms with van der Waals surface area (Å²) in [6.07, 6.45) is 1.77. The molecule has 0 saturated heterocycles. The fraction of sp³-hybridized carbons (Fsp3) is 0.538. The molecule has 0 aromatic carbocycles. The summed E-state index contributed by atoms with van der Waals surface area (Å²) in [6.45, 7) is 10.4. The van der Waals surface area contributed by atoms with Gasteiger partial charge in [0.05, 0.1) is 0 Å². The molecule has 0 spiro atoms. The van der Waals surface area contributed by atoms with Crippen LogP contribution < -0.4 is 0 Å². The molecule has 0 aliphatic rings. The van der Waals surface area contributed by atoms with Gasteiger partial charge in [0.15, 0.2) is 5.65 Å². The number of aromatic nitrogens is 3. The van der Waals surface area contributed by atoms with Crippen LogP contribution in [0.15, 0.2) is 16.7 Å². The molecular formula is C13H20BrN3OSi. The van der Waals surface area contributed by atoms with Gasteiger partial charge in [-0.25, -0.2) is 9.67 Å². The summed E-state index contributed by atoms with van der Waals surface area (Å²) < 4.78 is 8.59. The zero-order valence-corrected chi connectivity index (χ0v) is 14.5. The van der Waals surface area contributed by atoms with Crippen molar-refractivity contribution < 1.29 is 4.74 Å². The molecule has 0 radical (unpaired) electrons. The van der Waals surface area contributed by atoms with Crippen LogP contribution in [0.1, 0.15) is 5.69 Å². The molecule has 2 aromatic rings. The average molecular weight is 342 g/mol. The minimum absolute atomic E-state index is 0.504. The molecule has 0 amide bonds. The molecule has 2 aromatic heterocycles. The Labute approximate surface area is 123 Å². The number of hydrogen-bond donors (Lipinski definition) is 0. The largest absolute Gasteiger partial charge is 0.360 e. The van der Waals surface area contributed by atoms with Crippen LogP contribution in [0.4, 0.5) is 0 Å². The summed E-state index contributed by atoms with van der Waals surface area (Å²) >= 11 is 3.44. The molecule has 0 aliphatic carbocycles. The van der Waals surface area contributed by atoms with Crippen molar-refractivity contribution in [2.45, 2.75) is 39.3 Å².